The minimum atomic E-state index is -0.323. The summed E-state index contributed by atoms with van der Waals surface area (Å²) in [6.45, 7) is 2.20. The first-order chi connectivity index (χ1) is 9.11. The smallest absolute Gasteiger partial charge is 0.293 e. The molecule has 0 spiro atoms. The van der Waals surface area contributed by atoms with Gasteiger partial charge in [0.05, 0.1) is 4.92 Å². The van der Waals surface area contributed by atoms with Gasteiger partial charge in [0.1, 0.15) is 5.69 Å². The number of hydrogen-bond donors (Lipinski definition) is 1. The van der Waals surface area contributed by atoms with E-state index in [4.69, 9.17) is 0 Å². The molecule has 0 saturated heterocycles. The summed E-state index contributed by atoms with van der Waals surface area (Å²) in [4.78, 5) is 10.8. The van der Waals surface area contributed by atoms with E-state index in [-0.39, 0.29) is 10.6 Å². The Morgan fingerprint density at radius 1 is 1.42 bits per heavy atom. The molecule has 0 aliphatic heterocycles. The van der Waals surface area contributed by atoms with Crippen LogP contribution in [0.5, 0.6) is 0 Å². The van der Waals surface area contributed by atoms with Crippen LogP contribution < -0.4 is 5.32 Å². The molecule has 1 fully saturated rings. The van der Waals surface area contributed by atoms with Gasteiger partial charge in [-0.2, -0.15) is 0 Å². The van der Waals surface area contributed by atoms with Crippen molar-refractivity contribution >= 4 is 27.3 Å². The first-order valence-electron chi connectivity index (χ1n) is 6.82. The number of halogens is 1. The maximum atomic E-state index is 11.1. The van der Waals surface area contributed by atoms with Gasteiger partial charge in [-0.1, -0.05) is 42.1 Å². The second-order valence-corrected chi connectivity index (χ2v) is 6.04. The van der Waals surface area contributed by atoms with Crippen LogP contribution >= 0.6 is 15.9 Å². The summed E-state index contributed by atoms with van der Waals surface area (Å²) < 4.78 is 0.737. The highest BCUT2D eigenvalue weighted by Crippen LogP contribution is 2.33. The predicted molar refractivity (Wildman–Crippen MR) is 80.5 cm³/mol. The molecule has 2 atom stereocenters. The summed E-state index contributed by atoms with van der Waals surface area (Å²) in [5.74, 6) is 0.622. The molecule has 1 aliphatic rings. The Bertz CT molecular complexity index is 465. The summed E-state index contributed by atoms with van der Waals surface area (Å²) in [6.07, 6.45) is 5.93. The second-order valence-electron chi connectivity index (χ2n) is 5.12. The second kappa shape index (κ2) is 6.37. The van der Waals surface area contributed by atoms with E-state index in [0.717, 1.165) is 17.3 Å². The van der Waals surface area contributed by atoms with E-state index >= 15 is 0 Å². The monoisotopic (exact) mass is 326 g/mol. The molecule has 2 rings (SSSR count). The fourth-order valence-electron chi connectivity index (χ4n) is 2.86. The SMILES string of the molecule is CCC1CCCCC1Nc1ccc(Br)cc1[N+](=O)[O-]. The standard InChI is InChI=1S/C14H19BrN2O2/c1-2-10-5-3-4-6-12(10)16-13-8-7-11(15)9-14(13)17(18)19/h7-10,12,16H,2-6H2,1H3. The van der Waals surface area contributed by atoms with Crippen molar-refractivity contribution in [3.8, 4) is 0 Å². The summed E-state index contributed by atoms with van der Waals surface area (Å²) in [5.41, 5.74) is 0.786. The zero-order valence-electron chi connectivity index (χ0n) is 11.1. The highest BCUT2D eigenvalue weighted by Gasteiger charge is 2.25. The van der Waals surface area contributed by atoms with Gasteiger partial charge < -0.3 is 5.32 Å². The van der Waals surface area contributed by atoms with E-state index in [2.05, 4.69) is 28.2 Å². The van der Waals surface area contributed by atoms with Crippen LogP contribution in [0.25, 0.3) is 0 Å². The third kappa shape index (κ3) is 3.47. The maximum Gasteiger partial charge on any atom is 0.293 e. The van der Waals surface area contributed by atoms with Crippen LogP contribution in [-0.2, 0) is 0 Å². The zero-order chi connectivity index (χ0) is 13.8. The Labute approximate surface area is 121 Å². The minimum absolute atomic E-state index is 0.148. The number of nitro groups is 1. The molecular formula is C14H19BrN2O2. The Balaban J connectivity index is 2.20. The van der Waals surface area contributed by atoms with Crippen molar-refractivity contribution in [2.75, 3.05) is 5.32 Å². The van der Waals surface area contributed by atoms with E-state index in [1.54, 1.807) is 12.1 Å². The summed E-state index contributed by atoms with van der Waals surface area (Å²) in [6, 6.07) is 5.56. The van der Waals surface area contributed by atoms with Gasteiger partial charge in [0, 0.05) is 16.6 Å². The van der Waals surface area contributed by atoms with Crippen LogP contribution in [0.15, 0.2) is 22.7 Å². The molecule has 1 N–H and O–H groups in total. The van der Waals surface area contributed by atoms with Crippen LogP contribution in [-0.4, -0.2) is 11.0 Å². The van der Waals surface area contributed by atoms with Gasteiger partial charge in [-0.3, -0.25) is 10.1 Å². The maximum absolute atomic E-state index is 11.1. The van der Waals surface area contributed by atoms with Crippen LogP contribution in [0, 0.1) is 16.0 Å². The average Bonchev–Trinajstić information content (AvgIpc) is 2.41. The Kier molecular flexibility index (Phi) is 4.80. The Morgan fingerprint density at radius 2 is 2.16 bits per heavy atom. The van der Waals surface area contributed by atoms with Gasteiger partial charge in [-0.15, -0.1) is 0 Å². The van der Waals surface area contributed by atoms with Crippen molar-refractivity contribution in [2.45, 2.75) is 45.1 Å². The van der Waals surface area contributed by atoms with E-state index in [9.17, 15) is 10.1 Å². The lowest BCUT2D eigenvalue weighted by molar-refractivity contribution is -0.384. The molecule has 0 radical (unpaired) electrons. The van der Waals surface area contributed by atoms with E-state index in [0.29, 0.717) is 17.6 Å². The lowest BCUT2D eigenvalue weighted by Crippen LogP contribution is -2.32. The van der Waals surface area contributed by atoms with Gasteiger partial charge in [0.15, 0.2) is 0 Å². The molecule has 1 aliphatic carbocycles. The molecule has 4 nitrogen and oxygen atoms in total. The number of nitrogens with one attached hydrogen (secondary N) is 1. The third-order valence-corrected chi connectivity index (χ3v) is 4.42. The van der Waals surface area contributed by atoms with Gasteiger partial charge >= 0.3 is 0 Å². The van der Waals surface area contributed by atoms with Crippen molar-refractivity contribution in [1.29, 1.82) is 0 Å². The Hall–Kier alpha value is -1.10. The number of rotatable bonds is 4. The number of anilines is 1. The quantitative estimate of drug-likeness (QED) is 0.642. The van der Waals surface area contributed by atoms with Crippen molar-refractivity contribution in [3.05, 3.63) is 32.8 Å². The lowest BCUT2D eigenvalue weighted by atomic mass is 9.83. The highest BCUT2D eigenvalue weighted by molar-refractivity contribution is 9.10. The van der Waals surface area contributed by atoms with Crippen molar-refractivity contribution in [3.63, 3.8) is 0 Å². The fraction of sp³-hybridized carbons (Fsp3) is 0.571. The molecule has 1 saturated carbocycles. The summed E-state index contributed by atoms with van der Waals surface area (Å²) in [7, 11) is 0. The highest BCUT2D eigenvalue weighted by atomic mass is 79.9. The van der Waals surface area contributed by atoms with Gasteiger partial charge in [-0.25, -0.2) is 0 Å². The molecule has 0 aromatic heterocycles. The molecule has 0 heterocycles. The van der Waals surface area contributed by atoms with Crippen LogP contribution in [0.4, 0.5) is 11.4 Å². The minimum Gasteiger partial charge on any atom is -0.376 e. The zero-order valence-corrected chi connectivity index (χ0v) is 12.6. The van der Waals surface area contributed by atoms with E-state index in [1.807, 2.05) is 6.07 Å². The molecule has 5 heteroatoms. The summed E-state index contributed by atoms with van der Waals surface area (Å²) in [5, 5.41) is 14.5. The lowest BCUT2D eigenvalue weighted by Gasteiger charge is -2.32. The number of benzene rings is 1. The van der Waals surface area contributed by atoms with Gasteiger partial charge in [-0.05, 0) is 30.9 Å². The average molecular weight is 327 g/mol. The van der Waals surface area contributed by atoms with Crippen LogP contribution in [0.3, 0.4) is 0 Å². The van der Waals surface area contributed by atoms with Crippen molar-refractivity contribution < 1.29 is 4.92 Å². The first-order valence-corrected chi connectivity index (χ1v) is 7.61. The van der Waals surface area contributed by atoms with E-state index in [1.165, 1.54) is 19.3 Å². The molecular weight excluding hydrogens is 308 g/mol. The molecule has 0 bridgehead atoms. The molecule has 0 amide bonds. The summed E-state index contributed by atoms with van der Waals surface area (Å²) >= 11 is 3.28. The third-order valence-electron chi connectivity index (χ3n) is 3.93. The normalized spacial score (nSPS) is 23.1. The van der Waals surface area contributed by atoms with Gasteiger partial charge in [0.25, 0.3) is 5.69 Å². The van der Waals surface area contributed by atoms with Crippen LogP contribution in [0.2, 0.25) is 0 Å². The topological polar surface area (TPSA) is 55.2 Å². The fourth-order valence-corrected chi connectivity index (χ4v) is 3.21. The first kappa shape index (κ1) is 14.3. The number of hydrogen-bond acceptors (Lipinski definition) is 3. The van der Waals surface area contributed by atoms with Gasteiger partial charge in [0.2, 0.25) is 0 Å². The largest absolute Gasteiger partial charge is 0.376 e. The predicted octanol–water partition coefficient (Wildman–Crippen LogP) is 4.74. The van der Waals surface area contributed by atoms with Crippen LogP contribution in [0.1, 0.15) is 39.0 Å². The Morgan fingerprint density at radius 3 is 2.84 bits per heavy atom. The molecule has 19 heavy (non-hydrogen) atoms. The molecule has 1 aromatic rings. The number of nitro benzene ring substituents is 1. The van der Waals surface area contributed by atoms with Crippen molar-refractivity contribution in [2.24, 2.45) is 5.92 Å². The molecule has 104 valence electrons. The molecule has 2 unspecified atom stereocenters. The van der Waals surface area contributed by atoms with Crippen molar-refractivity contribution in [1.82, 2.24) is 0 Å². The van der Waals surface area contributed by atoms with E-state index < -0.39 is 0 Å². The number of nitrogens with zero attached hydrogens (tertiary/aromatic N) is 1. The molecule has 1 aromatic carbocycles.